The Morgan fingerprint density at radius 3 is 2.44 bits per heavy atom. The van der Waals surface area contributed by atoms with Crippen molar-refractivity contribution in [3.8, 4) is 0 Å². The highest BCUT2D eigenvalue weighted by molar-refractivity contribution is 5.96. The Hall–Kier alpha value is -1.35. The maximum Gasteiger partial charge on any atom is 0.230 e. The summed E-state index contributed by atoms with van der Waals surface area (Å²) in [5.74, 6) is 1.02. The number of hydrogen-bond acceptors (Lipinski definition) is 2. The third kappa shape index (κ3) is 2.09. The molecule has 0 radical (unpaired) electrons. The zero-order chi connectivity index (χ0) is 11.7. The Balaban J connectivity index is 2.08. The zero-order valence-electron chi connectivity index (χ0n) is 9.81. The van der Waals surface area contributed by atoms with Crippen molar-refractivity contribution < 1.29 is 4.79 Å². The summed E-state index contributed by atoms with van der Waals surface area (Å²) < 4.78 is 0. The molecule has 0 aliphatic heterocycles. The fourth-order valence-electron chi connectivity index (χ4n) is 1.90. The van der Waals surface area contributed by atoms with Gasteiger partial charge in [-0.05, 0) is 30.0 Å². The first-order chi connectivity index (χ1) is 7.63. The average molecular weight is 218 g/mol. The lowest BCUT2D eigenvalue weighted by atomic mass is 10.2. The molecule has 2 rings (SSSR count). The molecule has 1 aliphatic carbocycles. The predicted octanol–water partition coefficient (Wildman–Crippen LogP) is 1.76. The second-order valence-electron chi connectivity index (χ2n) is 4.59. The fourth-order valence-corrected chi connectivity index (χ4v) is 1.90. The summed E-state index contributed by atoms with van der Waals surface area (Å²) in [5.41, 5.74) is 7.56. The molecule has 1 saturated carbocycles. The Morgan fingerprint density at radius 2 is 2.00 bits per heavy atom. The van der Waals surface area contributed by atoms with Gasteiger partial charge in [-0.15, -0.1) is 0 Å². The second-order valence-corrected chi connectivity index (χ2v) is 4.59. The average Bonchev–Trinajstić information content (AvgIpc) is 3.04. The van der Waals surface area contributed by atoms with Crippen LogP contribution in [0.4, 0.5) is 5.69 Å². The lowest BCUT2D eigenvalue weighted by molar-refractivity contribution is -0.119. The largest absolute Gasteiger partial charge is 0.326 e. The van der Waals surface area contributed by atoms with Crippen LogP contribution in [0.15, 0.2) is 24.3 Å². The van der Waals surface area contributed by atoms with Crippen molar-refractivity contribution in [2.24, 2.45) is 17.6 Å². The first-order valence-electron chi connectivity index (χ1n) is 5.70. The quantitative estimate of drug-likeness (QED) is 0.840. The first-order valence-corrected chi connectivity index (χ1v) is 5.70. The molecule has 0 heterocycles. The number of benzene rings is 1. The predicted molar refractivity (Wildman–Crippen MR) is 65.0 cm³/mol. The third-order valence-corrected chi connectivity index (χ3v) is 3.32. The van der Waals surface area contributed by atoms with Crippen molar-refractivity contribution in [2.45, 2.75) is 19.9 Å². The number of anilines is 1. The molecule has 2 N–H and O–H groups in total. The molecule has 0 saturated heterocycles. The smallest absolute Gasteiger partial charge is 0.230 e. The Bertz CT molecular complexity index is 385. The van der Waals surface area contributed by atoms with Gasteiger partial charge in [0.25, 0.3) is 0 Å². The highest BCUT2D eigenvalue weighted by Gasteiger charge is 2.40. The molecule has 16 heavy (non-hydrogen) atoms. The summed E-state index contributed by atoms with van der Waals surface area (Å²) in [6.07, 6.45) is 1.03. The van der Waals surface area contributed by atoms with E-state index in [1.807, 2.05) is 31.3 Å². The molecule has 1 amide bonds. The molecule has 0 spiro atoms. The van der Waals surface area contributed by atoms with Crippen LogP contribution in [0.2, 0.25) is 0 Å². The highest BCUT2D eigenvalue weighted by Crippen LogP contribution is 2.39. The normalized spacial score (nSPS) is 22.9. The third-order valence-electron chi connectivity index (χ3n) is 3.32. The number of amides is 1. The number of nitrogens with two attached hydrogens (primary N) is 1. The van der Waals surface area contributed by atoms with Gasteiger partial charge in [-0.3, -0.25) is 4.79 Å². The van der Waals surface area contributed by atoms with Gasteiger partial charge < -0.3 is 10.6 Å². The highest BCUT2D eigenvalue weighted by atomic mass is 16.2. The van der Waals surface area contributed by atoms with Gasteiger partial charge in [0.2, 0.25) is 5.91 Å². The van der Waals surface area contributed by atoms with Gasteiger partial charge in [-0.2, -0.15) is 0 Å². The Kier molecular flexibility index (Phi) is 2.97. The van der Waals surface area contributed by atoms with Crippen molar-refractivity contribution in [2.75, 3.05) is 11.9 Å². The van der Waals surface area contributed by atoms with Gasteiger partial charge in [0.15, 0.2) is 0 Å². The molecule has 0 aromatic heterocycles. The van der Waals surface area contributed by atoms with Gasteiger partial charge in [0, 0.05) is 25.2 Å². The number of carbonyl (C=O) groups excluding carboxylic acids is 1. The van der Waals surface area contributed by atoms with Gasteiger partial charge in [0.05, 0.1) is 0 Å². The number of nitrogens with zero attached hydrogens (tertiary/aromatic N) is 1. The Labute approximate surface area is 96.2 Å². The molecule has 86 valence electrons. The molecule has 2 unspecified atom stereocenters. The van der Waals surface area contributed by atoms with Crippen LogP contribution in [0.3, 0.4) is 0 Å². The van der Waals surface area contributed by atoms with E-state index in [1.165, 1.54) is 0 Å². The SMILES string of the molecule is CC1CC1C(=O)N(C)c1ccc(CN)cc1. The standard InChI is InChI=1S/C13H18N2O/c1-9-7-12(9)13(16)15(2)11-5-3-10(8-14)4-6-11/h3-6,9,12H,7-8,14H2,1-2H3. The van der Waals surface area contributed by atoms with E-state index in [1.54, 1.807) is 4.90 Å². The molecule has 2 atom stereocenters. The van der Waals surface area contributed by atoms with Gasteiger partial charge >= 0.3 is 0 Å². The maximum absolute atomic E-state index is 12.0. The summed E-state index contributed by atoms with van der Waals surface area (Å²) in [6.45, 7) is 2.66. The van der Waals surface area contributed by atoms with Crippen molar-refractivity contribution in [3.05, 3.63) is 29.8 Å². The van der Waals surface area contributed by atoms with Crippen molar-refractivity contribution in [3.63, 3.8) is 0 Å². The molecular weight excluding hydrogens is 200 g/mol. The lowest BCUT2D eigenvalue weighted by Crippen LogP contribution is -2.28. The van der Waals surface area contributed by atoms with E-state index in [0.717, 1.165) is 17.7 Å². The van der Waals surface area contributed by atoms with E-state index in [4.69, 9.17) is 5.73 Å². The van der Waals surface area contributed by atoms with Crippen LogP contribution in [0.5, 0.6) is 0 Å². The van der Waals surface area contributed by atoms with Crippen LogP contribution < -0.4 is 10.6 Å². The second kappa shape index (κ2) is 4.26. The van der Waals surface area contributed by atoms with Gasteiger partial charge in [0.1, 0.15) is 0 Å². The van der Waals surface area contributed by atoms with Gasteiger partial charge in [-0.1, -0.05) is 19.1 Å². The summed E-state index contributed by atoms with van der Waals surface area (Å²) in [6, 6.07) is 7.84. The van der Waals surface area contributed by atoms with E-state index in [9.17, 15) is 4.79 Å². The minimum Gasteiger partial charge on any atom is -0.326 e. The summed E-state index contributed by atoms with van der Waals surface area (Å²) in [4.78, 5) is 13.7. The fraction of sp³-hybridized carbons (Fsp3) is 0.462. The van der Waals surface area contributed by atoms with Crippen molar-refractivity contribution in [1.82, 2.24) is 0 Å². The first kappa shape index (κ1) is 11.1. The van der Waals surface area contributed by atoms with Crippen molar-refractivity contribution >= 4 is 11.6 Å². The van der Waals surface area contributed by atoms with Crippen LogP contribution in [0, 0.1) is 11.8 Å². The molecule has 1 aromatic rings. The molecule has 1 aliphatic rings. The summed E-state index contributed by atoms with van der Waals surface area (Å²) >= 11 is 0. The molecule has 0 bridgehead atoms. The number of carbonyl (C=O) groups is 1. The van der Waals surface area contributed by atoms with Crippen LogP contribution in [-0.2, 0) is 11.3 Å². The molecule has 1 aromatic carbocycles. The van der Waals surface area contributed by atoms with Crippen LogP contribution in [0.25, 0.3) is 0 Å². The summed E-state index contributed by atoms with van der Waals surface area (Å²) in [7, 11) is 1.84. The molecule has 1 fully saturated rings. The van der Waals surface area contributed by atoms with Crippen LogP contribution in [-0.4, -0.2) is 13.0 Å². The minimum absolute atomic E-state index is 0.230. The lowest BCUT2D eigenvalue weighted by Gasteiger charge is -2.17. The van der Waals surface area contributed by atoms with E-state index in [0.29, 0.717) is 12.5 Å². The number of hydrogen-bond donors (Lipinski definition) is 1. The van der Waals surface area contributed by atoms with E-state index >= 15 is 0 Å². The topological polar surface area (TPSA) is 46.3 Å². The minimum atomic E-state index is 0.230. The molecule has 3 nitrogen and oxygen atoms in total. The number of rotatable bonds is 3. The van der Waals surface area contributed by atoms with Crippen LogP contribution >= 0.6 is 0 Å². The Morgan fingerprint density at radius 1 is 1.44 bits per heavy atom. The monoisotopic (exact) mass is 218 g/mol. The van der Waals surface area contributed by atoms with Gasteiger partial charge in [-0.25, -0.2) is 0 Å². The van der Waals surface area contributed by atoms with Crippen LogP contribution in [0.1, 0.15) is 18.9 Å². The molecule has 3 heteroatoms. The van der Waals surface area contributed by atoms with E-state index in [-0.39, 0.29) is 11.8 Å². The molecular formula is C13H18N2O. The zero-order valence-corrected chi connectivity index (χ0v) is 9.81. The van der Waals surface area contributed by atoms with Crippen molar-refractivity contribution in [1.29, 1.82) is 0 Å². The van der Waals surface area contributed by atoms with E-state index < -0.39 is 0 Å². The summed E-state index contributed by atoms with van der Waals surface area (Å²) in [5, 5.41) is 0. The van der Waals surface area contributed by atoms with E-state index in [2.05, 4.69) is 6.92 Å². The maximum atomic E-state index is 12.0.